The third kappa shape index (κ3) is 3.14. The van der Waals surface area contributed by atoms with Gasteiger partial charge in [-0.1, -0.05) is 23.7 Å². The molecule has 142 valence electrons. The van der Waals surface area contributed by atoms with E-state index in [0.717, 1.165) is 27.9 Å². The molecule has 0 bridgehead atoms. The molecule has 5 nitrogen and oxygen atoms in total. The van der Waals surface area contributed by atoms with Crippen molar-refractivity contribution in [1.29, 1.82) is 0 Å². The molecule has 0 aliphatic rings. The molecule has 2 heterocycles. The Balaban J connectivity index is 1.89. The first kappa shape index (κ1) is 18.2. The van der Waals surface area contributed by atoms with Gasteiger partial charge < -0.3 is 18.6 Å². The van der Waals surface area contributed by atoms with Gasteiger partial charge in [0.15, 0.2) is 11.5 Å². The van der Waals surface area contributed by atoms with Crippen molar-refractivity contribution in [3.63, 3.8) is 0 Å². The second-order valence-corrected chi connectivity index (χ2v) is 6.65. The number of rotatable bonds is 5. The standard InChI is InChI=1S/C22H19ClN2O3/c1-26-19-11-15(12-20(27-2)22(19)28-3)21-18-10-16(13-25(18)9-8-24-21)14-4-6-17(23)7-5-14/h4-13H,1-3H3. The molecule has 0 aliphatic carbocycles. The number of aromatic nitrogens is 2. The molecule has 0 spiro atoms. The van der Waals surface area contributed by atoms with Gasteiger partial charge in [0.25, 0.3) is 0 Å². The molecule has 2 aromatic carbocycles. The fourth-order valence-corrected chi connectivity index (χ4v) is 3.40. The molecular weight excluding hydrogens is 376 g/mol. The number of benzene rings is 2. The zero-order chi connectivity index (χ0) is 19.7. The highest BCUT2D eigenvalue weighted by atomic mass is 35.5. The maximum atomic E-state index is 6.02. The summed E-state index contributed by atoms with van der Waals surface area (Å²) in [5, 5.41) is 0.715. The summed E-state index contributed by atoms with van der Waals surface area (Å²) in [5.41, 5.74) is 4.84. The van der Waals surface area contributed by atoms with E-state index < -0.39 is 0 Å². The number of methoxy groups -OCH3 is 3. The first-order valence-corrected chi connectivity index (χ1v) is 9.05. The summed E-state index contributed by atoms with van der Waals surface area (Å²) >= 11 is 6.02. The minimum Gasteiger partial charge on any atom is -0.493 e. The molecular formula is C22H19ClN2O3. The molecule has 4 aromatic rings. The average molecular weight is 395 g/mol. The van der Waals surface area contributed by atoms with Crippen LogP contribution in [-0.2, 0) is 0 Å². The molecule has 0 fully saturated rings. The van der Waals surface area contributed by atoms with Crippen LogP contribution in [0.15, 0.2) is 61.1 Å². The molecule has 6 heteroatoms. The van der Waals surface area contributed by atoms with Gasteiger partial charge in [0, 0.05) is 34.7 Å². The van der Waals surface area contributed by atoms with E-state index in [2.05, 4.69) is 21.6 Å². The van der Waals surface area contributed by atoms with Gasteiger partial charge in [-0.2, -0.15) is 0 Å². The quantitative estimate of drug-likeness (QED) is 0.458. The van der Waals surface area contributed by atoms with Gasteiger partial charge in [-0.25, -0.2) is 0 Å². The molecule has 0 aliphatic heterocycles. The molecule has 0 N–H and O–H groups in total. The number of hydrogen-bond acceptors (Lipinski definition) is 4. The highest BCUT2D eigenvalue weighted by Gasteiger charge is 2.17. The Morgan fingerprint density at radius 3 is 2.11 bits per heavy atom. The van der Waals surface area contributed by atoms with E-state index in [-0.39, 0.29) is 0 Å². The van der Waals surface area contributed by atoms with Crippen LogP contribution in [0.1, 0.15) is 0 Å². The first-order valence-electron chi connectivity index (χ1n) is 8.67. The monoisotopic (exact) mass is 394 g/mol. The van der Waals surface area contributed by atoms with E-state index in [1.165, 1.54) is 0 Å². The Bertz CT molecular complexity index is 1110. The summed E-state index contributed by atoms with van der Waals surface area (Å²) in [5.74, 6) is 1.73. The van der Waals surface area contributed by atoms with E-state index in [1.807, 2.05) is 42.6 Å². The first-order chi connectivity index (χ1) is 13.6. The second kappa shape index (κ2) is 7.44. The van der Waals surface area contributed by atoms with Gasteiger partial charge in [0.2, 0.25) is 5.75 Å². The molecule has 2 aromatic heterocycles. The Morgan fingerprint density at radius 2 is 1.50 bits per heavy atom. The van der Waals surface area contributed by atoms with Gasteiger partial charge in [0.1, 0.15) is 0 Å². The SMILES string of the molecule is COc1cc(-c2nccn3cc(-c4ccc(Cl)cc4)cc23)cc(OC)c1OC. The van der Waals surface area contributed by atoms with Crippen LogP contribution in [0.5, 0.6) is 17.2 Å². The molecule has 0 amide bonds. The smallest absolute Gasteiger partial charge is 0.203 e. The van der Waals surface area contributed by atoms with E-state index in [9.17, 15) is 0 Å². The summed E-state index contributed by atoms with van der Waals surface area (Å²) in [6.45, 7) is 0. The highest BCUT2D eigenvalue weighted by Crippen LogP contribution is 2.41. The minimum atomic E-state index is 0.554. The van der Waals surface area contributed by atoms with Gasteiger partial charge in [0.05, 0.1) is 32.5 Å². The number of nitrogens with zero attached hydrogens (tertiary/aromatic N) is 2. The lowest BCUT2D eigenvalue weighted by Gasteiger charge is -2.14. The molecule has 28 heavy (non-hydrogen) atoms. The number of ether oxygens (including phenoxy) is 3. The largest absolute Gasteiger partial charge is 0.493 e. The van der Waals surface area contributed by atoms with Crippen molar-refractivity contribution in [2.75, 3.05) is 21.3 Å². The van der Waals surface area contributed by atoms with Gasteiger partial charge >= 0.3 is 0 Å². The Morgan fingerprint density at radius 1 is 0.821 bits per heavy atom. The summed E-state index contributed by atoms with van der Waals surface area (Å²) in [6.07, 6.45) is 5.77. The fourth-order valence-electron chi connectivity index (χ4n) is 3.28. The van der Waals surface area contributed by atoms with Crippen LogP contribution < -0.4 is 14.2 Å². The molecule has 0 atom stereocenters. The van der Waals surface area contributed by atoms with E-state index in [1.54, 1.807) is 27.5 Å². The number of fused-ring (bicyclic) bond motifs is 1. The lowest BCUT2D eigenvalue weighted by atomic mass is 10.1. The molecule has 0 saturated carbocycles. The van der Waals surface area contributed by atoms with Crippen LogP contribution in [0.4, 0.5) is 0 Å². The Labute approximate surface area is 168 Å². The van der Waals surface area contributed by atoms with Gasteiger partial charge in [-0.15, -0.1) is 0 Å². The third-order valence-electron chi connectivity index (χ3n) is 4.64. The third-order valence-corrected chi connectivity index (χ3v) is 4.89. The van der Waals surface area contributed by atoms with Crippen LogP contribution in [0, 0.1) is 0 Å². The maximum Gasteiger partial charge on any atom is 0.203 e. The van der Waals surface area contributed by atoms with Crippen molar-refractivity contribution in [1.82, 2.24) is 9.38 Å². The van der Waals surface area contributed by atoms with Crippen LogP contribution >= 0.6 is 11.6 Å². The Hall–Kier alpha value is -3.18. The van der Waals surface area contributed by atoms with Crippen LogP contribution in [-0.4, -0.2) is 30.7 Å². The van der Waals surface area contributed by atoms with Crippen LogP contribution in [0.25, 0.3) is 27.9 Å². The lowest BCUT2D eigenvalue weighted by Crippen LogP contribution is -1.97. The van der Waals surface area contributed by atoms with Crippen molar-refractivity contribution in [2.24, 2.45) is 0 Å². The molecule has 0 saturated heterocycles. The van der Waals surface area contributed by atoms with Gasteiger partial charge in [-0.3, -0.25) is 4.98 Å². The molecule has 0 unspecified atom stereocenters. The highest BCUT2D eigenvalue weighted by molar-refractivity contribution is 6.30. The topological polar surface area (TPSA) is 45.0 Å². The maximum absolute atomic E-state index is 6.02. The normalized spacial score (nSPS) is 10.9. The predicted octanol–water partition coefficient (Wildman–Crippen LogP) is 5.35. The Kier molecular flexibility index (Phi) is 4.84. The predicted molar refractivity (Wildman–Crippen MR) is 111 cm³/mol. The molecule has 0 radical (unpaired) electrons. The number of hydrogen-bond donors (Lipinski definition) is 0. The van der Waals surface area contributed by atoms with E-state index >= 15 is 0 Å². The van der Waals surface area contributed by atoms with E-state index in [4.69, 9.17) is 25.8 Å². The number of halogens is 1. The van der Waals surface area contributed by atoms with E-state index in [0.29, 0.717) is 22.3 Å². The zero-order valence-electron chi connectivity index (χ0n) is 15.8. The summed E-state index contributed by atoms with van der Waals surface area (Å²) in [4.78, 5) is 4.61. The summed E-state index contributed by atoms with van der Waals surface area (Å²) < 4.78 is 18.4. The average Bonchev–Trinajstić information content (AvgIpc) is 3.17. The zero-order valence-corrected chi connectivity index (χ0v) is 16.5. The minimum absolute atomic E-state index is 0.554. The van der Waals surface area contributed by atoms with Crippen molar-refractivity contribution in [3.8, 4) is 39.6 Å². The van der Waals surface area contributed by atoms with Crippen molar-refractivity contribution >= 4 is 17.1 Å². The van der Waals surface area contributed by atoms with Crippen LogP contribution in [0.2, 0.25) is 5.02 Å². The van der Waals surface area contributed by atoms with Crippen molar-refractivity contribution < 1.29 is 14.2 Å². The van der Waals surface area contributed by atoms with Crippen molar-refractivity contribution in [2.45, 2.75) is 0 Å². The molecule has 4 rings (SSSR count). The fraction of sp³-hybridized carbons (Fsp3) is 0.136. The second-order valence-electron chi connectivity index (χ2n) is 6.22. The van der Waals surface area contributed by atoms with Crippen molar-refractivity contribution in [3.05, 3.63) is 66.1 Å². The van der Waals surface area contributed by atoms with Gasteiger partial charge in [-0.05, 0) is 35.9 Å². The lowest BCUT2D eigenvalue weighted by molar-refractivity contribution is 0.324. The van der Waals surface area contributed by atoms with Crippen LogP contribution in [0.3, 0.4) is 0 Å². The summed E-state index contributed by atoms with van der Waals surface area (Å²) in [7, 11) is 4.79. The summed E-state index contributed by atoms with van der Waals surface area (Å²) in [6, 6.07) is 13.7.